The lowest BCUT2D eigenvalue weighted by molar-refractivity contribution is 0.191. The molecule has 1 aromatic rings. The third-order valence-corrected chi connectivity index (χ3v) is 6.79. The second-order valence-corrected chi connectivity index (χ2v) is 10.8. The van der Waals surface area contributed by atoms with Crippen LogP contribution in [0.3, 0.4) is 0 Å². The number of rotatable bonds is 9. The van der Waals surface area contributed by atoms with Crippen molar-refractivity contribution in [2.24, 2.45) is 10.9 Å². The number of guanidine groups is 1. The van der Waals surface area contributed by atoms with Crippen LogP contribution in [-0.4, -0.2) is 70.1 Å². The molecule has 0 radical (unpaired) electrons. The first-order valence-electron chi connectivity index (χ1n) is 10.8. The number of aryl methyl sites for hydroxylation is 1. The molecule has 0 amide bonds. The lowest BCUT2D eigenvalue weighted by atomic mass is 10.1. The first-order chi connectivity index (χ1) is 14.2. The Morgan fingerprint density at radius 3 is 2.48 bits per heavy atom. The maximum Gasteiger partial charge on any atom is 0.191 e. The minimum absolute atomic E-state index is 0. The van der Waals surface area contributed by atoms with Crippen LogP contribution in [-0.2, 0) is 16.4 Å². The SMILES string of the molecule is CN=C(NCCN1CCS(=O)(=O)CC1)NCc1ccc(C)cc1OC(C)CC(C)C.I. The van der Waals surface area contributed by atoms with Crippen molar-refractivity contribution in [2.45, 2.75) is 46.8 Å². The molecule has 31 heavy (non-hydrogen) atoms. The van der Waals surface area contributed by atoms with E-state index >= 15 is 0 Å². The zero-order valence-electron chi connectivity index (χ0n) is 19.5. The highest BCUT2D eigenvalue weighted by molar-refractivity contribution is 14.0. The zero-order chi connectivity index (χ0) is 22.1. The molecule has 1 saturated heterocycles. The van der Waals surface area contributed by atoms with Crippen LogP contribution in [0.1, 0.15) is 38.3 Å². The monoisotopic (exact) mass is 566 g/mol. The molecule has 9 heteroatoms. The van der Waals surface area contributed by atoms with Crippen molar-refractivity contribution in [1.29, 1.82) is 0 Å². The fourth-order valence-electron chi connectivity index (χ4n) is 3.55. The summed E-state index contributed by atoms with van der Waals surface area (Å²) in [4.78, 5) is 6.47. The lowest BCUT2D eigenvalue weighted by Gasteiger charge is -2.26. The quantitative estimate of drug-likeness (QED) is 0.272. The van der Waals surface area contributed by atoms with E-state index in [-0.39, 0.29) is 41.6 Å². The molecule has 1 aliphatic heterocycles. The van der Waals surface area contributed by atoms with Gasteiger partial charge in [-0.15, -0.1) is 24.0 Å². The van der Waals surface area contributed by atoms with Crippen molar-refractivity contribution in [3.63, 3.8) is 0 Å². The van der Waals surface area contributed by atoms with E-state index in [0.29, 0.717) is 32.1 Å². The number of hydrogen-bond donors (Lipinski definition) is 2. The Labute approximate surface area is 205 Å². The maximum atomic E-state index is 11.5. The number of hydrogen-bond acceptors (Lipinski definition) is 5. The van der Waals surface area contributed by atoms with E-state index in [2.05, 4.69) is 66.4 Å². The van der Waals surface area contributed by atoms with Gasteiger partial charge in [0.1, 0.15) is 5.75 Å². The van der Waals surface area contributed by atoms with Crippen LogP contribution in [0.4, 0.5) is 0 Å². The molecule has 2 rings (SSSR count). The molecule has 0 aliphatic carbocycles. The molecule has 1 aliphatic rings. The third kappa shape index (κ3) is 10.4. The van der Waals surface area contributed by atoms with Crippen molar-refractivity contribution in [1.82, 2.24) is 15.5 Å². The fourth-order valence-corrected chi connectivity index (χ4v) is 4.83. The van der Waals surface area contributed by atoms with E-state index in [9.17, 15) is 8.42 Å². The summed E-state index contributed by atoms with van der Waals surface area (Å²) in [5.74, 6) is 2.74. The van der Waals surface area contributed by atoms with Crippen molar-refractivity contribution in [3.8, 4) is 5.75 Å². The van der Waals surface area contributed by atoms with Crippen LogP contribution in [0.5, 0.6) is 5.75 Å². The number of ether oxygens (including phenoxy) is 1. The summed E-state index contributed by atoms with van der Waals surface area (Å²) in [6.45, 7) is 11.9. The van der Waals surface area contributed by atoms with Crippen LogP contribution in [0.15, 0.2) is 23.2 Å². The average molecular weight is 567 g/mol. The molecule has 1 atom stereocenters. The highest BCUT2D eigenvalue weighted by Gasteiger charge is 2.21. The van der Waals surface area contributed by atoms with Gasteiger partial charge in [-0.3, -0.25) is 9.89 Å². The Hall–Kier alpha value is -1.07. The molecule has 0 spiro atoms. The molecule has 178 valence electrons. The summed E-state index contributed by atoms with van der Waals surface area (Å²) in [7, 11) is -1.08. The first kappa shape index (κ1) is 28.0. The van der Waals surface area contributed by atoms with Gasteiger partial charge >= 0.3 is 0 Å². The highest BCUT2D eigenvalue weighted by Crippen LogP contribution is 2.23. The summed E-state index contributed by atoms with van der Waals surface area (Å²) < 4.78 is 29.3. The summed E-state index contributed by atoms with van der Waals surface area (Å²) in [5, 5.41) is 6.67. The van der Waals surface area contributed by atoms with Gasteiger partial charge in [-0.05, 0) is 37.8 Å². The van der Waals surface area contributed by atoms with Crippen LogP contribution in [0.25, 0.3) is 0 Å². The Bertz CT molecular complexity index is 801. The van der Waals surface area contributed by atoms with E-state index in [1.165, 1.54) is 5.56 Å². The van der Waals surface area contributed by atoms with Crippen LogP contribution < -0.4 is 15.4 Å². The van der Waals surface area contributed by atoms with Crippen LogP contribution >= 0.6 is 24.0 Å². The Kier molecular flexibility index (Phi) is 12.2. The first-order valence-corrected chi connectivity index (χ1v) is 12.6. The normalized spacial score (nSPS) is 17.7. The van der Waals surface area contributed by atoms with Gasteiger partial charge in [-0.2, -0.15) is 0 Å². The van der Waals surface area contributed by atoms with E-state index < -0.39 is 9.84 Å². The Morgan fingerprint density at radius 1 is 1.19 bits per heavy atom. The van der Waals surface area contributed by atoms with Gasteiger partial charge < -0.3 is 15.4 Å². The molecule has 0 bridgehead atoms. The third-order valence-electron chi connectivity index (χ3n) is 5.18. The largest absolute Gasteiger partial charge is 0.490 e. The number of nitrogens with one attached hydrogen (secondary N) is 2. The molecule has 1 unspecified atom stereocenters. The molecule has 2 N–H and O–H groups in total. The van der Waals surface area contributed by atoms with Crippen molar-refractivity contribution in [3.05, 3.63) is 29.3 Å². The van der Waals surface area contributed by atoms with E-state index in [1.807, 2.05) is 0 Å². The van der Waals surface area contributed by atoms with Gasteiger partial charge in [-0.1, -0.05) is 26.0 Å². The topological polar surface area (TPSA) is 83.0 Å². The van der Waals surface area contributed by atoms with Gasteiger partial charge in [0, 0.05) is 45.3 Å². The van der Waals surface area contributed by atoms with E-state index in [0.717, 1.165) is 30.2 Å². The lowest BCUT2D eigenvalue weighted by Crippen LogP contribution is -2.45. The van der Waals surface area contributed by atoms with Gasteiger partial charge in [-0.25, -0.2) is 8.42 Å². The number of nitrogens with zero attached hydrogens (tertiary/aromatic N) is 2. The number of sulfone groups is 1. The second-order valence-electron chi connectivity index (χ2n) is 8.52. The van der Waals surface area contributed by atoms with Gasteiger partial charge in [0.2, 0.25) is 0 Å². The van der Waals surface area contributed by atoms with Gasteiger partial charge in [0.15, 0.2) is 15.8 Å². The van der Waals surface area contributed by atoms with Crippen LogP contribution in [0, 0.1) is 12.8 Å². The van der Waals surface area contributed by atoms with E-state index in [1.54, 1.807) is 7.05 Å². The fraction of sp³-hybridized carbons (Fsp3) is 0.682. The Morgan fingerprint density at radius 2 is 1.87 bits per heavy atom. The molecular formula is C22H39IN4O3S. The van der Waals surface area contributed by atoms with E-state index in [4.69, 9.17) is 4.74 Å². The standard InChI is InChI=1S/C22H38N4O3S.HI/c1-17(2)14-19(4)29-21-15-18(3)6-7-20(21)16-25-22(23-5)24-8-9-26-10-12-30(27,28)13-11-26;/h6-7,15,17,19H,8-14,16H2,1-5H3,(H2,23,24,25);1H. The average Bonchev–Trinajstić information content (AvgIpc) is 2.66. The number of benzene rings is 1. The minimum Gasteiger partial charge on any atom is -0.490 e. The molecule has 1 aromatic carbocycles. The molecule has 0 aromatic heterocycles. The summed E-state index contributed by atoms with van der Waals surface area (Å²) in [6, 6.07) is 6.28. The Balaban J connectivity index is 0.00000480. The number of aliphatic imine (C=N–C) groups is 1. The highest BCUT2D eigenvalue weighted by atomic mass is 127. The molecule has 1 heterocycles. The minimum atomic E-state index is -2.83. The molecular weight excluding hydrogens is 527 g/mol. The maximum absolute atomic E-state index is 11.5. The van der Waals surface area contributed by atoms with Crippen LogP contribution in [0.2, 0.25) is 0 Å². The predicted molar refractivity (Wildman–Crippen MR) is 139 cm³/mol. The summed E-state index contributed by atoms with van der Waals surface area (Å²) in [6.07, 6.45) is 1.18. The van der Waals surface area contributed by atoms with Gasteiger partial charge in [0.05, 0.1) is 17.6 Å². The summed E-state index contributed by atoms with van der Waals surface area (Å²) in [5.41, 5.74) is 2.27. The number of halogens is 1. The smallest absolute Gasteiger partial charge is 0.191 e. The van der Waals surface area contributed by atoms with Gasteiger partial charge in [0.25, 0.3) is 0 Å². The molecule has 1 fully saturated rings. The van der Waals surface area contributed by atoms with Crippen molar-refractivity contribution in [2.75, 3.05) is 44.7 Å². The van der Waals surface area contributed by atoms with Crippen molar-refractivity contribution < 1.29 is 13.2 Å². The summed E-state index contributed by atoms with van der Waals surface area (Å²) >= 11 is 0. The zero-order valence-corrected chi connectivity index (χ0v) is 22.6. The second kappa shape index (κ2) is 13.5. The predicted octanol–water partition coefficient (Wildman–Crippen LogP) is 2.82. The molecule has 0 saturated carbocycles. The molecule has 7 nitrogen and oxygen atoms in total. The van der Waals surface area contributed by atoms with Crippen molar-refractivity contribution >= 4 is 39.8 Å².